The van der Waals surface area contributed by atoms with Crippen molar-refractivity contribution in [2.75, 3.05) is 33.9 Å². The summed E-state index contributed by atoms with van der Waals surface area (Å²) >= 11 is 0. The van der Waals surface area contributed by atoms with Gasteiger partial charge in [0, 0.05) is 32.5 Å². The lowest BCUT2D eigenvalue weighted by Gasteiger charge is -2.39. The van der Waals surface area contributed by atoms with Crippen LogP contribution in [0.5, 0.6) is 17.2 Å². The maximum absolute atomic E-state index is 12.9. The highest BCUT2D eigenvalue weighted by Gasteiger charge is 2.38. The van der Waals surface area contributed by atoms with Gasteiger partial charge in [-0.25, -0.2) is 0 Å². The molecule has 1 heterocycles. The summed E-state index contributed by atoms with van der Waals surface area (Å²) in [5, 5.41) is 0. The van der Waals surface area contributed by atoms with Gasteiger partial charge in [-0.05, 0) is 25.0 Å². The predicted octanol–water partition coefficient (Wildman–Crippen LogP) is 3.26. The molecule has 6 nitrogen and oxygen atoms in total. The number of halogens is 1. The molecule has 1 aromatic carbocycles. The molecule has 0 atom stereocenters. The second-order valence-corrected chi connectivity index (χ2v) is 6.79. The van der Waals surface area contributed by atoms with Gasteiger partial charge in [-0.15, -0.1) is 12.4 Å². The molecule has 0 aromatic heterocycles. The molecule has 0 saturated carbocycles. The number of rotatable bonds is 8. The summed E-state index contributed by atoms with van der Waals surface area (Å²) in [6, 6.07) is 5.58. The number of nitrogens with two attached hydrogens (primary N) is 1. The molecule has 2 N–H and O–H groups in total. The van der Waals surface area contributed by atoms with Gasteiger partial charge < -0.3 is 24.8 Å². The van der Waals surface area contributed by atoms with Crippen LogP contribution in [0.4, 0.5) is 0 Å². The Kier molecular flexibility index (Phi) is 9.19. The van der Waals surface area contributed by atoms with Crippen LogP contribution in [-0.2, 0) is 4.79 Å². The van der Waals surface area contributed by atoms with Gasteiger partial charge in [-0.3, -0.25) is 4.79 Å². The highest BCUT2D eigenvalue weighted by molar-refractivity contribution is 5.85. The third kappa shape index (κ3) is 4.99. The van der Waals surface area contributed by atoms with Crippen LogP contribution in [0.3, 0.4) is 0 Å². The smallest absolute Gasteiger partial charge is 0.230 e. The van der Waals surface area contributed by atoms with Gasteiger partial charge >= 0.3 is 0 Å². The van der Waals surface area contributed by atoms with Gasteiger partial charge in [-0.2, -0.15) is 0 Å². The zero-order valence-corrected chi connectivity index (χ0v) is 17.6. The second kappa shape index (κ2) is 10.6. The van der Waals surface area contributed by atoms with Crippen molar-refractivity contribution in [2.24, 2.45) is 11.1 Å². The van der Waals surface area contributed by atoms with Crippen LogP contribution in [0.25, 0.3) is 0 Å². The number of piperidine rings is 1. The number of nitrogens with zero attached hydrogens (tertiary/aromatic N) is 1. The van der Waals surface area contributed by atoms with Crippen molar-refractivity contribution in [3.05, 3.63) is 18.2 Å². The Balaban J connectivity index is 0.00000364. The average molecular weight is 401 g/mol. The van der Waals surface area contributed by atoms with Crippen molar-refractivity contribution in [3.63, 3.8) is 0 Å². The molecule has 1 aliphatic rings. The number of amides is 1. The van der Waals surface area contributed by atoms with Gasteiger partial charge in [0.2, 0.25) is 11.7 Å². The van der Waals surface area contributed by atoms with Crippen LogP contribution < -0.4 is 19.9 Å². The number of carbonyl (C=O) groups is 1. The quantitative estimate of drug-likeness (QED) is 0.724. The standard InChI is InChI=1S/C20H32N2O4.ClH/c1-5-20(6-2,14-21)19(23)22-12-10-15(11-13-22)26-18-16(24-3)8-7-9-17(18)25-4;/h7-9,15H,5-6,10-14,21H2,1-4H3;1H. The first-order chi connectivity index (χ1) is 12.5. The first kappa shape index (κ1) is 23.4. The molecule has 154 valence electrons. The van der Waals surface area contributed by atoms with Crippen LogP contribution in [0, 0.1) is 5.41 Å². The maximum Gasteiger partial charge on any atom is 0.230 e. The Morgan fingerprint density at radius 3 is 2.07 bits per heavy atom. The third-order valence-corrected chi connectivity index (χ3v) is 5.59. The number of benzene rings is 1. The number of carbonyl (C=O) groups excluding carboxylic acids is 1. The molecule has 0 unspecified atom stereocenters. The van der Waals surface area contributed by atoms with Gasteiger partial charge in [0.1, 0.15) is 6.10 Å². The van der Waals surface area contributed by atoms with E-state index >= 15 is 0 Å². The van der Waals surface area contributed by atoms with Crippen LogP contribution in [0.2, 0.25) is 0 Å². The number of hydrogen-bond donors (Lipinski definition) is 1. The lowest BCUT2D eigenvalue weighted by Crippen LogP contribution is -2.51. The minimum Gasteiger partial charge on any atom is -0.493 e. The first-order valence-electron chi connectivity index (χ1n) is 9.42. The van der Waals surface area contributed by atoms with Crippen molar-refractivity contribution in [1.82, 2.24) is 4.90 Å². The summed E-state index contributed by atoms with van der Waals surface area (Å²) < 4.78 is 17.0. The topological polar surface area (TPSA) is 74.0 Å². The Bertz CT molecular complexity index is 569. The van der Waals surface area contributed by atoms with Crippen LogP contribution in [0.1, 0.15) is 39.5 Å². The van der Waals surface area contributed by atoms with Gasteiger partial charge in [0.05, 0.1) is 19.6 Å². The van der Waals surface area contributed by atoms with E-state index < -0.39 is 5.41 Å². The highest BCUT2D eigenvalue weighted by atomic mass is 35.5. The molecule has 7 heteroatoms. The lowest BCUT2D eigenvalue weighted by molar-refractivity contribution is -0.144. The van der Waals surface area contributed by atoms with Crippen LogP contribution in [0.15, 0.2) is 18.2 Å². The van der Waals surface area contributed by atoms with Crippen molar-refractivity contribution < 1.29 is 19.0 Å². The monoisotopic (exact) mass is 400 g/mol. The zero-order valence-electron chi connectivity index (χ0n) is 16.8. The van der Waals surface area contributed by atoms with E-state index in [1.54, 1.807) is 14.2 Å². The number of ether oxygens (including phenoxy) is 3. The van der Waals surface area contributed by atoms with E-state index in [0.717, 1.165) is 25.7 Å². The number of hydrogen-bond acceptors (Lipinski definition) is 5. The fraction of sp³-hybridized carbons (Fsp3) is 0.650. The molecule has 1 fully saturated rings. The summed E-state index contributed by atoms with van der Waals surface area (Å²) in [4.78, 5) is 14.9. The highest BCUT2D eigenvalue weighted by Crippen LogP contribution is 2.38. The van der Waals surface area contributed by atoms with Crippen molar-refractivity contribution in [2.45, 2.75) is 45.6 Å². The summed E-state index contributed by atoms with van der Waals surface area (Å²) in [6.07, 6.45) is 3.13. The average Bonchev–Trinajstić information content (AvgIpc) is 2.70. The predicted molar refractivity (Wildman–Crippen MR) is 109 cm³/mol. The molecule has 0 bridgehead atoms. The summed E-state index contributed by atoms with van der Waals surface area (Å²) in [6.45, 7) is 5.84. The van der Waals surface area contributed by atoms with E-state index in [-0.39, 0.29) is 24.4 Å². The molecule has 0 spiro atoms. The number of methoxy groups -OCH3 is 2. The molecule has 0 aliphatic carbocycles. The van der Waals surface area contributed by atoms with E-state index in [9.17, 15) is 4.79 Å². The number of likely N-dealkylation sites (tertiary alicyclic amines) is 1. The SMILES string of the molecule is CCC(CC)(CN)C(=O)N1CCC(Oc2c(OC)cccc2OC)CC1.Cl. The summed E-state index contributed by atoms with van der Waals surface area (Å²) in [5.74, 6) is 2.11. The van der Waals surface area contributed by atoms with Gasteiger partial charge in [-0.1, -0.05) is 19.9 Å². The Labute approximate surface area is 168 Å². The minimum atomic E-state index is -0.431. The number of para-hydroxylation sites is 1. The van der Waals surface area contributed by atoms with E-state index in [0.29, 0.717) is 36.9 Å². The molecule has 0 radical (unpaired) electrons. The van der Waals surface area contributed by atoms with Crippen molar-refractivity contribution in [1.29, 1.82) is 0 Å². The molecular weight excluding hydrogens is 368 g/mol. The minimum absolute atomic E-state index is 0. The molecule has 27 heavy (non-hydrogen) atoms. The van der Waals surface area contributed by atoms with Gasteiger partial charge in [0.25, 0.3) is 0 Å². The normalized spacial score (nSPS) is 15.1. The molecular formula is C20H33ClN2O4. The molecule has 1 saturated heterocycles. The third-order valence-electron chi connectivity index (χ3n) is 5.59. The zero-order chi connectivity index (χ0) is 19.2. The lowest BCUT2D eigenvalue weighted by atomic mass is 9.80. The fourth-order valence-corrected chi connectivity index (χ4v) is 3.54. The maximum atomic E-state index is 12.9. The van der Waals surface area contributed by atoms with E-state index in [2.05, 4.69) is 0 Å². The largest absolute Gasteiger partial charge is 0.493 e. The second-order valence-electron chi connectivity index (χ2n) is 6.79. The summed E-state index contributed by atoms with van der Waals surface area (Å²) in [7, 11) is 3.23. The molecule has 1 amide bonds. The first-order valence-corrected chi connectivity index (χ1v) is 9.42. The molecule has 1 aliphatic heterocycles. The van der Waals surface area contributed by atoms with Crippen LogP contribution in [-0.4, -0.2) is 50.8 Å². The summed E-state index contributed by atoms with van der Waals surface area (Å²) in [5.41, 5.74) is 5.50. The van der Waals surface area contributed by atoms with Gasteiger partial charge in [0.15, 0.2) is 11.5 Å². The fourth-order valence-electron chi connectivity index (χ4n) is 3.54. The van der Waals surface area contributed by atoms with E-state index in [1.807, 2.05) is 36.9 Å². The van der Waals surface area contributed by atoms with Crippen molar-refractivity contribution in [3.8, 4) is 17.2 Å². The molecule has 2 rings (SSSR count). The van der Waals surface area contributed by atoms with E-state index in [4.69, 9.17) is 19.9 Å². The van der Waals surface area contributed by atoms with E-state index in [1.165, 1.54) is 0 Å². The Morgan fingerprint density at radius 1 is 1.15 bits per heavy atom. The van der Waals surface area contributed by atoms with Crippen LogP contribution >= 0.6 is 12.4 Å². The Hall–Kier alpha value is -1.66. The Morgan fingerprint density at radius 2 is 1.67 bits per heavy atom. The molecule has 1 aromatic rings. The van der Waals surface area contributed by atoms with Crippen molar-refractivity contribution >= 4 is 18.3 Å².